The Labute approximate surface area is 191 Å². The minimum absolute atomic E-state index is 0.0826. The van der Waals surface area contributed by atoms with Gasteiger partial charge in [-0.2, -0.15) is 0 Å². The van der Waals surface area contributed by atoms with Gasteiger partial charge < -0.3 is 9.47 Å². The molecule has 10 heteroatoms. The van der Waals surface area contributed by atoms with Crippen molar-refractivity contribution < 1.29 is 27.6 Å². The van der Waals surface area contributed by atoms with Crippen LogP contribution in [0.1, 0.15) is 27.6 Å². The van der Waals surface area contributed by atoms with Crippen LogP contribution in [0.3, 0.4) is 0 Å². The Kier molecular flexibility index (Phi) is 7.41. The van der Waals surface area contributed by atoms with Crippen molar-refractivity contribution in [3.63, 3.8) is 0 Å². The van der Waals surface area contributed by atoms with Gasteiger partial charge in [-0.25, -0.2) is 17.9 Å². The van der Waals surface area contributed by atoms with E-state index in [-0.39, 0.29) is 22.7 Å². The molecular formula is C23H22N2O7S. The van der Waals surface area contributed by atoms with Crippen molar-refractivity contribution >= 4 is 21.7 Å². The van der Waals surface area contributed by atoms with Gasteiger partial charge in [0.2, 0.25) is 10.0 Å². The smallest absolute Gasteiger partial charge is 0.338 e. The zero-order valence-electron chi connectivity index (χ0n) is 17.9. The number of methoxy groups -OCH3 is 1. The Morgan fingerprint density at radius 3 is 2.33 bits per heavy atom. The summed E-state index contributed by atoms with van der Waals surface area (Å²) in [6.07, 6.45) is -0.983. The highest BCUT2D eigenvalue weighted by atomic mass is 32.2. The minimum Gasteiger partial charge on any atom is -0.497 e. The molecule has 3 aromatic carbocycles. The first-order valence-corrected chi connectivity index (χ1v) is 11.3. The number of carbonyl (C=O) groups is 1. The van der Waals surface area contributed by atoms with Gasteiger partial charge in [-0.15, -0.1) is 0 Å². The highest BCUT2D eigenvalue weighted by Crippen LogP contribution is 2.24. The molecule has 1 unspecified atom stereocenters. The highest BCUT2D eigenvalue weighted by Gasteiger charge is 2.23. The molecule has 0 heterocycles. The zero-order valence-corrected chi connectivity index (χ0v) is 18.7. The summed E-state index contributed by atoms with van der Waals surface area (Å²) < 4.78 is 38.7. The zero-order chi connectivity index (χ0) is 24.0. The van der Waals surface area contributed by atoms with Crippen molar-refractivity contribution in [2.45, 2.75) is 17.9 Å². The maximum absolute atomic E-state index is 12.7. The summed E-state index contributed by atoms with van der Waals surface area (Å²) in [5.74, 6) is -0.252. The molecule has 1 atom stereocenters. The van der Waals surface area contributed by atoms with Crippen molar-refractivity contribution in [2.75, 3.05) is 13.7 Å². The summed E-state index contributed by atoms with van der Waals surface area (Å²) in [6.45, 7) is 1.61. The van der Waals surface area contributed by atoms with Gasteiger partial charge >= 0.3 is 5.97 Å². The summed E-state index contributed by atoms with van der Waals surface area (Å²) >= 11 is 0. The lowest BCUT2D eigenvalue weighted by Gasteiger charge is -2.20. The van der Waals surface area contributed by atoms with Crippen LogP contribution in [0.25, 0.3) is 0 Å². The van der Waals surface area contributed by atoms with E-state index in [4.69, 9.17) is 9.47 Å². The second-order valence-corrected chi connectivity index (χ2v) is 8.91. The maximum Gasteiger partial charge on any atom is 0.338 e. The van der Waals surface area contributed by atoms with Crippen molar-refractivity contribution in [1.82, 2.24) is 4.72 Å². The molecule has 0 bridgehead atoms. The molecule has 0 saturated carbocycles. The van der Waals surface area contributed by atoms with Crippen LogP contribution in [0, 0.1) is 17.0 Å². The molecule has 33 heavy (non-hydrogen) atoms. The van der Waals surface area contributed by atoms with E-state index in [1.165, 1.54) is 43.5 Å². The molecule has 172 valence electrons. The molecule has 0 spiro atoms. The van der Waals surface area contributed by atoms with Gasteiger partial charge in [0.25, 0.3) is 5.69 Å². The van der Waals surface area contributed by atoms with Crippen LogP contribution in [0.15, 0.2) is 77.7 Å². The molecular weight excluding hydrogens is 448 g/mol. The summed E-state index contributed by atoms with van der Waals surface area (Å²) in [5.41, 5.74) is 1.35. The van der Waals surface area contributed by atoms with Crippen LogP contribution in [-0.2, 0) is 14.8 Å². The number of nitrogens with zero attached hydrogens (tertiary/aromatic N) is 1. The fraction of sp³-hybridized carbons (Fsp3) is 0.174. The van der Waals surface area contributed by atoms with Crippen LogP contribution < -0.4 is 9.46 Å². The number of sulfonamides is 1. The first kappa shape index (κ1) is 23.9. The van der Waals surface area contributed by atoms with Gasteiger partial charge in [0.15, 0.2) is 0 Å². The Bertz CT molecular complexity index is 1240. The molecule has 3 aromatic rings. The quantitative estimate of drug-likeness (QED) is 0.287. The molecule has 9 nitrogen and oxygen atoms in total. The van der Waals surface area contributed by atoms with Crippen LogP contribution in [-0.4, -0.2) is 33.0 Å². The van der Waals surface area contributed by atoms with E-state index in [0.717, 1.165) is 5.56 Å². The van der Waals surface area contributed by atoms with E-state index >= 15 is 0 Å². The molecule has 0 radical (unpaired) electrons. The lowest BCUT2D eigenvalue weighted by molar-refractivity contribution is -0.384. The standard InChI is InChI=1S/C23H22N2O7S/c1-16-6-12-21(13-7-16)33(29,30)24-15-22(18-4-3-5-20(14-18)31-2)32-23(26)17-8-10-19(11-9-17)25(27)28/h3-14,22,24H,15H2,1-2H3. The topological polar surface area (TPSA) is 125 Å². The van der Waals surface area contributed by atoms with Crippen molar-refractivity contribution in [3.05, 3.63) is 99.6 Å². The Morgan fingerprint density at radius 2 is 1.73 bits per heavy atom. The first-order chi connectivity index (χ1) is 15.7. The fourth-order valence-electron chi connectivity index (χ4n) is 2.97. The number of non-ortho nitro benzene ring substituents is 1. The third-order valence-corrected chi connectivity index (χ3v) is 6.26. The molecule has 0 fully saturated rings. The largest absolute Gasteiger partial charge is 0.497 e. The number of hydrogen-bond donors (Lipinski definition) is 1. The number of aryl methyl sites for hydroxylation is 1. The number of rotatable bonds is 9. The van der Waals surface area contributed by atoms with E-state index < -0.39 is 27.0 Å². The summed E-state index contributed by atoms with van der Waals surface area (Å²) in [6, 6.07) is 18.0. The monoisotopic (exact) mass is 470 g/mol. The van der Waals surface area contributed by atoms with Crippen LogP contribution in [0.4, 0.5) is 5.69 Å². The first-order valence-electron chi connectivity index (χ1n) is 9.85. The van der Waals surface area contributed by atoms with Crippen molar-refractivity contribution in [1.29, 1.82) is 0 Å². The number of esters is 1. The van der Waals surface area contributed by atoms with E-state index in [1.807, 2.05) is 6.92 Å². The Morgan fingerprint density at radius 1 is 1.06 bits per heavy atom. The number of nitro benzene ring substituents is 1. The number of benzene rings is 3. The van der Waals surface area contributed by atoms with E-state index in [9.17, 15) is 23.3 Å². The number of nitrogens with one attached hydrogen (secondary N) is 1. The number of hydrogen-bond acceptors (Lipinski definition) is 7. The number of carbonyl (C=O) groups excluding carboxylic acids is 1. The molecule has 0 aliphatic heterocycles. The second-order valence-electron chi connectivity index (χ2n) is 7.14. The van der Waals surface area contributed by atoms with Crippen LogP contribution >= 0.6 is 0 Å². The average Bonchev–Trinajstić information content (AvgIpc) is 2.82. The van der Waals surface area contributed by atoms with Gasteiger partial charge in [0, 0.05) is 12.1 Å². The summed E-state index contributed by atoms with van der Waals surface area (Å²) in [4.78, 5) is 23.0. The van der Waals surface area contributed by atoms with Gasteiger partial charge in [-0.05, 0) is 48.9 Å². The second kappa shape index (κ2) is 10.2. The molecule has 0 aliphatic carbocycles. The molecule has 0 aliphatic rings. The minimum atomic E-state index is -3.86. The third kappa shape index (κ3) is 6.15. The van der Waals surface area contributed by atoms with Gasteiger partial charge in [0.05, 0.1) is 29.0 Å². The predicted molar refractivity (Wildman–Crippen MR) is 121 cm³/mol. The van der Waals surface area contributed by atoms with Crippen molar-refractivity contribution in [2.24, 2.45) is 0 Å². The molecule has 0 saturated heterocycles. The summed E-state index contributed by atoms with van der Waals surface area (Å²) in [7, 11) is -2.38. The van der Waals surface area contributed by atoms with Crippen LogP contribution in [0.5, 0.6) is 5.75 Å². The SMILES string of the molecule is COc1cccc(C(CNS(=O)(=O)c2ccc(C)cc2)OC(=O)c2ccc([N+](=O)[O-])cc2)c1. The summed E-state index contributed by atoms with van der Waals surface area (Å²) in [5, 5.41) is 10.8. The normalized spacial score (nSPS) is 12.1. The molecule has 3 rings (SSSR count). The predicted octanol–water partition coefficient (Wildman–Crippen LogP) is 3.79. The lowest BCUT2D eigenvalue weighted by Crippen LogP contribution is -2.30. The molecule has 1 N–H and O–H groups in total. The van der Waals surface area contributed by atoms with E-state index in [2.05, 4.69) is 4.72 Å². The number of nitro groups is 1. The number of ether oxygens (including phenoxy) is 2. The molecule has 0 amide bonds. The highest BCUT2D eigenvalue weighted by molar-refractivity contribution is 7.89. The maximum atomic E-state index is 12.7. The lowest BCUT2D eigenvalue weighted by atomic mass is 10.1. The average molecular weight is 471 g/mol. The fourth-order valence-corrected chi connectivity index (χ4v) is 4.00. The Hall–Kier alpha value is -3.76. The third-order valence-electron chi connectivity index (χ3n) is 4.82. The van der Waals surface area contributed by atoms with Crippen LogP contribution in [0.2, 0.25) is 0 Å². The van der Waals surface area contributed by atoms with Gasteiger partial charge in [-0.1, -0.05) is 29.8 Å². The van der Waals surface area contributed by atoms with Crippen molar-refractivity contribution in [3.8, 4) is 5.75 Å². The van der Waals surface area contributed by atoms with Gasteiger partial charge in [-0.3, -0.25) is 10.1 Å². The van der Waals surface area contributed by atoms with Gasteiger partial charge in [0.1, 0.15) is 11.9 Å². The van der Waals surface area contributed by atoms with E-state index in [1.54, 1.807) is 36.4 Å². The molecule has 0 aromatic heterocycles. The van der Waals surface area contributed by atoms with E-state index in [0.29, 0.717) is 11.3 Å². The Balaban J connectivity index is 1.83.